The van der Waals surface area contributed by atoms with Crippen LogP contribution in [0.4, 0.5) is 0 Å². The van der Waals surface area contributed by atoms with Gasteiger partial charge in [0.15, 0.2) is 0 Å². The molecule has 0 spiro atoms. The Balaban J connectivity index is 2.43. The minimum atomic E-state index is -0.283. The van der Waals surface area contributed by atoms with E-state index in [9.17, 15) is 5.11 Å². The fourth-order valence-corrected chi connectivity index (χ4v) is 2.35. The van der Waals surface area contributed by atoms with E-state index in [1.165, 1.54) is 0 Å². The fourth-order valence-electron chi connectivity index (χ4n) is 2.35. The Morgan fingerprint density at radius 3 is 2.80 bits per heavy atom. The lowest BCUT2D eigenvalue weighted by atomic mass is 9.82. The largest absolute Gasteiger partial charge is 0.392 e. The first-order valence-electron chi connectivity index (χ1n) is 5.72. The molecule has 1 rings (SSSR count). The van der Waals surface area contributed by atoms with Crippen molar-refractivity contribution in [3.63, 3.8) is 0 Å². The van der Waals surface area contributed by atoms with Crippen LogP contribution < -0.4 is 5.73 Å². The first-order chi connectivity index (χ1) is 7.08. The van der Waals surface area contributed by atoms with Crippen LogP contribution in [0, 0.1) is 5.41 Å². The van der Waals surface area contributed by atoms with Crippen molar-refractivity contribution in [3.05, 3.63) is 0 Å². The third kappa shape index (κ3) is 4.07. The third-order valence-electron chi connectivity index (χ3n) is 3.02. The lowest BCUT2D eigenvalue weighted by Crippen LogP contribution is -2.47. The number of hydrogen-bond acceptors (Lipinski definition) is 4. The summed E-state index contributed by atoms with van der Waals surface area (Å²) in [6.07, 6.45) is 1.95. The molecule has 1 heterocycles. The molecule has 2 atom stereocenters. The molecule has 1 fully saturated rings. The van der Waals surface area contributed by atoms with Crippen molar-refractivity contribution in [2.24, 2.45) is 11.1 Å². The monoisotopic (exact) mass is 216 g/mol. The van der Waals surface area contributed by atoms with Crippen LogP contribution in [-0.4, -0.2) is 56.0 Å². The molecule has 0 saturated carbocycles. The highest BCUT2D eigenvalue weighted by molar-refractivity contribution is 4.85. The van der Waals surface area contributed by atoms with Gasteiger partial charge < -0.3 is 20.5 Å². The standard InChI is InChI=1S/C11H24N2O2/c1-10(14)6-13(2)8-11(7-12)4-3-5-15-9-11/h10,14H,3-9,12H2,1-2H3. The SMILES string of the molecule is CC(O)CN(C)CC1(CN)CCCOC1. The number of aliphatic hydroxyl groups is 1. The van der Waals surface area contributed by atoms with Gasteiger partial charge in [-0.05, 0) is 26.8 Å². The van der Waals surface area contributed by atoms with Crippen LogP contribution in [0.5, 0.6) is 0 Å². The van der Waals surface area contributed by atoms with Gasteiger partial charge in [-0.1, -0.05) is 0 Å². The third-order valence-corrected chi connectivity index (χ3v) is 3.02. The summed E-state index contributed by atoms with van der Waals surface area (Å²) in [7, 11) is 2.03. The maximum Gasteiger partial charge on any atom is 0.0638 e. The van der Waals surface area contributed by atoms with Crippen molar-refractivity contribution >= 4 is 0 Å². The van der Waals surface area contributed by atoms with E-state index in [0.717, 1.165) is 32.6 Å². The van der Waals surface area contributed by atoms with Gasteiger partial charge >= 0.3 is 0 Å². The Hall–Kier alpha value is -0.160. The smallest absolute Gasteiger partial charge is 0.0638 e. The van der Waals surface area contributed by atoms with Crippen LogP contribution in [0.2, 0.25) is 0 Å². The maximum atomic E-state index is 9.30. The lowest BCUT2D eigenvalue weighted by Gasteiger charge is -2.39. The number of nitrogens with two attached hydrogens (primary N) is 1. The van der Waals surface area contributed by atoms with Gasteiger partial charge in [-0.15, -0.1) is 0 Å². The fraction of sp³-hybridized carbons (Fsp3) is 1.00. The lowest BCUT2D eigenvalue weighted by molar-refractivity contribution is -0.0225. The van der Waals surface area contributed by atoms with Crippen molar-refractivity contribution in [1.82, 2.24) is 4.90 Å². The highest BCUT2D eigenvalue weighted by atomic mass is 16.5. The van der Waals surface area contributed by atoms with Crippen molar-refractivity contribution < 1.29 is 9.84 Å². The Morgan fingerprint density at radius 2 is 2.33 bits per heavy atom. The number of likely N-dealkylation sites (N-methyl/N-ethyl adjacent to an activating group) is 1. The molecule has 1 aliphatic heterocycles. The molecule has 0 amide bonds. The molecule has 0 radical (unpaired) electrons. The van der Waals surface area contributed by atoms with E-state index in [0.29, 0.717) is 13.1 Å². The van der Waals surface area contributed by atoms with Gasteiger partial charge in [-0.25, -0.2) is 0 Å². The van der Waals surface area contributed by atoms with E-state index in [2.05, 4.69) is 4.90 Å². The summed E-state index contributed by atoms with van der Waals surface area (Å²) in [6, 6.07) is 0. The van der Waals surface area contributed by atoms with Crippen LogP contribution in [0.15, 0.2) is 0 Å². The highest BCUT2D eigenvalue weighted by Gasteiger charge is 2.32. The van der Waals surface area contributed by atoms with Crippen LogP contribution in [0.25, 0.3) is 0 Å². The Bertz CT molecular complexity index is 179. The van der Waals surface area contributed by atoms with Gasteiger partial charge in [0.1, 0.15) is 0 Å². The average Bonchev–Trinajstić information content (AvgIpc) is 2.17. The first kappa shape index (κ1) is 12.9. The second-order valence-corrected chi connectivity index (χ2v) is 4.91. The summed E-state index contributed by atoms with van der Waals surface area (Å²) in [6.45, 7) is 5.70. The molecule has 0 aromatic rings. The van der Waals surface area contributed by atoms with Crippen molar-refractivity contribution in [2.75, 3.05) is 39.9 Å². The van der Waals surface area contributed by atoms with Gasteiger partial charge in [0.05, 0.1) is 12.7 Å². The molecular formula is C11H24N2O2. The molecule has 0 aromatic carbocycles. The van der Waals surface area contributed by atoms with E-state index in [1.807, 2.05) is 14.0 Å². The average molecular weight is 216 g/mol. The maximum absolute atomic E-state index is 9.30. The summed E-state index contributed by atoms with van der Waals surface area (Å²) < 4.78 is 5.51. The molecule has 2 unspecified atom stereocenters. The van der Waals surface area contributed by atoms with Gasteiger partial charge in [0, 0.05) is 31.7 Å². The van der Waals surface area contributed by atoms with E-state index >= 15 is 0 Å². The van der Waals surface area contributed by atoms with Crippen molar-refractivity contribution in [2.45, 2.75) is 25.9 Å². The van der Waals surface area contributed by atoms with Gasteiger partial charge in [0.2, 0.25) is 0 Å². The minimum Gasteiger partial charge on any atom is -0.392 e. The van der Waals surface area contributed by atoms with E-state index in [1.54, 1.807) is 0 Å². The quantitative estimate of drug-likeness (QED) is 0.682. The summed E-state index contributed by atoms with van der Waals surface area (Å²) in [4.78, 5) is 2.15. The summed E-state index contributed by atoms with van der Waals surface area (Å²) in [5.41, 5.74) is 5.95. The summed E-state index contributed by atoms with van der Waals surface area (Å²) >= 11 is 0. The topological polar surface area (TPSA) is 58.7 Å². The van der Waals surface area contributed by atoms with Crippen LogP contribution >= 0.6 is 0 Å². The number of nitrogens with zero attached hydrogens (tertiary/aromatic N) is 1. The summed E-state index contributed by atoms with van der Waals surface area (Å²) in [5, 5.41) is 9.30. The Labute approximate surface area is 92.4 Å². The number of ether oxygens (including phenoxy) is 1. The number of aliphatic hydroxyl groups excluding tert-OH is 1. The second-order valence-electron chi connectivity index (χ2n) is 4.91. The van der Waals surface area contributed by atoms with Gasteiger partial charge in [-0.3, -0.25) is 0 Å². The van der Waals surface area contributed by atoms with Crippen molar-refractivity contribution in [3.8, 4) is 0 Å². The van der Waals surface area contributed by atoms with Crippen molar-refractivity contribution in [1.29, 1.82) is 0 Å². The van der Waals surface area contributed by atoms with E-state index in [4.69, 9.17) is 10.5 Å². The summed E-state index contributed by atoms with van der Waals surface area (Å²) in [5.74, 6) is 0. The minimum absolute atomic E-state index is 0.0991. The molecule has 90 valence electrons. The molecule has 3 N–H and O–H groups in total. The van der Waals surface area contributed by atoms with Crippen LogP contribution in [0.3, 0.4) is 0 Å². The molecular weight excluding hydrogens is 192 g/mol. The zero-order chi connectivity index (χ0) is 11.3. The Morgan fingerprint density at radius 1 is 1.60 bits per heavy atom. The molecule has 0 aliphatic carbocycles. The number of rotatable bonds is 5. The molecule has 15 heavy (non-hydrogen) atoms. The second kappa shape index (κ2) is 5.80. The van der Waals surface area contributed by atoms with Gasteiger partial charge in [-0.2, -0.15) is 0 Å². The zero-order valence-electron chi connectivity index (χ0n) is 9.91. The molecule has 4 heteroatoms. The van der Waals surface area contributed by atoms with Crippen LogP contribution in [-0.2, 0) is 4.74 Å². The molecule has 1 aliphatic rings. The predicted octanol–water partition coefficient (Wildman–Crippen LogP) is 0.0545. The normalized spacial score (nSPS) is 29.4. The van der Waals surface area contributed by atoms with Crippen LogP contribution in [0.1, 0.15) is 19.8 Å². The molecule has 1 saturated heterocycles. The Kier molecular flexibility index (Phi) is 4.99. The molecule has 0 bridgehead atoms. The molecule has 0 aromatic heterocycles. The zero-order valence-corrected chi connectivity index (χ0v) is 9.91. The highest BCUT2D eigenvalue weighted by Crippen LogP contribution is 2.28. The van der Waals surface area contributed by atoms with E-state index < -0.39 is 0 Å². The van der Waals surface area contributed by atoms with Gasteiger partial charge in [0.25, 0.3) is 0 Å². The predicted molar refractivity (Wildman–Crippen MR) is 60.7 cm³/mol. The first-order valence-corrected chi connectivity index (χ1v) is 5.72. The molecule has 4 nitrogen and oxygen atoms in total. The van der Waals surface area contributed by atoms with E-state index in [-0.39, 0.29) is 11.5 Å². The number of hydrogen-bond donors (Lipinski definition) is 2.